The number of hydrogen-bond acceptors (Lipinski definition) is 0. The summed E-state index contributed by atoms with van der Waals surface area (Å²) in [5, 5.41) is 0. The highest BCUT2D eigenvalue weighted by molar-refractivity contribution is 4.77. The van der Waals surface area contributed by atoms with Crippen LogP contribution in [0.4, 0.5) is 0 Å². The highest BCUT2D eigenvalue weighted by atomic mass is 14.2. The number of hydrogen-bond donors (Lipinski definition) is 0. The zero-order valence-corrected chi connectivity index (χ0v) is 7.04. The average molecular weight is 127 g/mol. The lowest BCUT2D eigenvalue weighted by Gasteiger charge is -2.25. The van der Waals surface area contributed by atoms with Crippen molar-refractivity contribution in [3.63, 3.8) is 0 Å². The van der Waals surface area contributed by atoms with Crippen molar-refractivity contribution < 1.29 is 0 Å². The minimum Gasteiger partial charge on any atom is -0.0654 e. The Hall–Kier alpha value is 0. The molecule has 0 N–H and O–H groups in total. The van der Waals surface area contributed by atoms with Crippen LogP contribution in [-0.4, -0.2) is 0 Å². The van der Waals surface area contributed by atoms with E-state index in [-0.39, 0.29) is 0 Å². The fourth-order valence-electron chi connectivity index (χ4n) is 1.13. The highest BCUT2D eigenvalue weighted by Gasteiger charge is 2.17. The first-order valence-corrected chi connectivity index (χ1v) is 4.04. The molecule has 0 amide bonds. The second-order valence-electron chi connectivity index (χ2n) is 2.96. The molecule has 0 spiro atoms. The second-order valence-corrected chi connectivity index (χ2v) is 2.96. The molecule has 0 aliphatic carbocycles. The molecular formula is C9H19. The van der Waals surface area contributed by atoms with E-state index < -0.39 is 0 Å². The molecule has 9 heavy (non-hydrogen) atoms. The van der Waals surface area contributed by atoms with E-state index in [9.17, 15) is 0 Å². The standard InChI is InChI=1S/C9H19/c1-5-8-9(4,6-2)7-3/h4-8H2,1-3H3. The maximum atomic E-state index is 4.20. The van der Waals surface area contributed by atoms with E-state index in [2.05, 4.69) is 27.7 Å². The lowest BCUT2D eigenvalue weighted by atomic mass is 9.81. The molecule has 0 rings (SSSR count). The maximum Gasteiger partial charge on any atom is -0.0303 e. The van der Waals surface area contributed by atoms with Crippen molar-refractivity contribution in [1.82, 2.24) is 0 Å². The van der Waals surface area contributed by atoms with Crippen molar-refractivity contribution in [3.05, 3.63) is 6.92 Å². The fraction of sp³-hybridized carbons (Fsp3) is 0.889. The normalized spacial score (nSPS) is 12.0. The van der Waals surface area contributed by atoms with Gasteiger partial charge >= 0.3 is 0 Å². The van der Waals surface area contributed by atoms with Gasteiger partial charge in [0.1, 0.15) is 0 Å². The van der Waals surface area contributed by atoms with Gasteiger partial charge in [-0.25, -0.2) is 0 Å². The molecule has 0 aromatic rings. The topological polar surface area (TPSA) is 0 Å². The molecule has 0 aromatic carbocycles. The lowest BCUT2D eigenvalue weighted by Crippen LogP contribution is -2.12. The van der Waals surface area contributed by atoms with Gasteiger partial charge in [-0.2, -0.15) is 0 Å². The molecule has 0 heterocycles. The molecule has 0 saturated carbocycles. The van der Waals surface area contributed by atoms with E-state index in [0.29, 0.717) is 5.41 Å². The smallest absolute Gasteiger partial charge is 0.0303 e. The summed E-state index contributed by atoms with van der Waals surface area (Å²) in [6.45, 7) is 10.9. The van der Waals surface area contributed by atoms with Crippen molar-refractivity contribution in [3.8, 4) is 0 Å². The molecule has 0 aliphatic heterocycles. The van der Waals surface area contributed by atoms with Crippen LogP contribution in [0.2, 0.25) is 0 Å². The second kappa shape index (κ2) is 3.92. The molecule has 0 unspecified atom stereocenters. The molecule has 0 nitrogen and oxygen atoms in total. The van der Waals surface area contributed by atoms with Gasteiger partial charge in [0, 0.05) is 0 Å². The SMILES string of the molecule is [CH2]C(CC)(CC)CCC. The van der Waals surface area contributed by atoms with Crippen molar-refractivity contribution in [1.29, 1.82) is 0 Å². The van der Waals surface area contributed by atoms with Gasteiger partial charge < -0.3 is 0 Å². The third-order valence-corrected chi connectivity index (χ3v) is 2.28. The zero-order chi connectivity index (χ0) is 7.33. The molecule has 55 valence electrons. The largest absolute Gasteiger partial charge is 0.0654 e. The monoisotopic (exact) mass is 127 g/mol. The molecule has 0 bridgehead atoms. The first kappa shape index (κ1) is 9.00. The molecule has 0 aromatic heterocycles. The Morgan fingerprint density at radius 1 is 1.11 bits per heavy atom. The Morgan fingerprint density at radius 3 is 1.67 bits per heavy atom. The summed E-state index contributed by atoms with van der Waals surface area (Å²) in [5.41, 5.74) is 0.384. The summed E-state index contributed by atoms with van der Waals surface area (Å²) in [6.07, 6.45) is 4.99. The zero-order valence-electron chi connectivity index (χ0n) is 7.04. The Labute approximate surface area is 59.7 Å². The third-order valence-electron chi connectivity index (χ3n) is 2.28. The lowest BCUT2D eigenvalue weighted by molar-refractivity contribution is 0.316. The molecule has 0 fully saturated rings. The Morgan fingerprint density at radius 2 is 1.56 bits per heavy atom. The summed E-state index contributed by atoms with van der Waals surface area (Å²) in [4.78, 5) is 0. The quantitative estimate of drug-likeness (QED) is 0.542. The van der Waals surface area contributed by atoms with Gasteiger partial charge in [-0.15, -0.1) is 0 Å². The van der Waals surface area contributed by atoms with Crippen molar-refractivity contribution in [2.24, 2.45) is 5.41 Å². The summed E-state index contributed by atoms with van der Waals surface area (Å²) in [6, 6.07) is 0. The number of rotatable bonds is 4. The Balaban J connectivity index is 3.62. The van der Waals surface area contributed by atoms with E-state index in [1.54, 1.807) is 0 Å². The van der Waals surface area contributed by atoms with Crippen LogP contribution in [0.15, 0.2) is 0 Å². The minimum absolute atomic E-state index is 0.384. The van der Waals surface area contributed by atoms with Crippen molar-refractivity contribution >= 4 is 0 Å². The summed E-state index contributed by atoms with van der Waals surface area (Å²) in [5.74, 6) is 0. The fourth-order valence-corrected chi connectivity index (χ4v) is 1.13. The van der Waals surface area contributed by atoms with Crippen molar-refractivity contribution in [2.75, 3.05) is 0 Å². The van der Waals surface area contributed by atoms with Gasteiger partial charge in [0.25, 0.3) is 0 Å². The van der Waals surface area contributed by atoms with E-state index in [1.807, 2.05) is 0 Å². The first-order chi connectivity index (χ1) is 4.18. The molecule has 1 radical (unpaired) electrons. The summed E-state index contributed by atoms with van der Waals surface area (Å²) >= 11 is 0. The summed E-state index contributed by atoms with van der Waals surface area (Å²) < 4.78 is 0. The van der Waals surface area contributed by atoms with Crippen LogP contribution in [0, 0.1) is 12.3 Å². The molecule has 0 heteroatoms. The predicted molar refractivity (Wildman–Crippen MR) is 43.3 cm³/mol. The van der Waals surface area contributed by atoms with Crippen LogP contribution < -0.4 is 0 Å². The van der Waals surface area contributed by atoms with Crippen LogP contribution in [0.3, 0.4) is 0 Å². The molecule has 0 aliphatic rings. The van der Waals surface area contributed by atoms with E-state index >= 15 is 0 Å². The molecule has 0 saturated heterocycles. The predicted octanol–water partition coefficient (Wildman–Crippen LogP) is 3.43. The van der Waals surface area contributed by atoms with Crippen LogP contribution >= 0.6 is 0 Å². The first-order valence-electron chi connectivity index (χ1n) is 4.04. The van der Waals surface area contributed by atoms with Gasteiger partial charge in [0.2, 0.25) is 0 Å². The van der Waals surface area contributed by atoms with Crippen LogP contribution in [0.5, 0.6) is 0 Å². The van der Waals surface area contributed by atoms with E-state index in [0.717, 1.165) is 0 Å². The minimum atomic E-state index is 0.384. The van der Waals surface area contributed by atoms with Gasteiger partial charge in [-0.3, -0.25) is 0 Å². The highest BCUT2D eigenvalue weighted by Crippen LogP contribution is 2.29. The Kier molecular flexibility index (Phi) is 3.92. The van der Waals surface area contributed by atoms with Crippen molar-refractivity contribution in [2.45, 2.75) is 46.5 Å². The third kappa shape index (κ3) is 2.88. The van der Waals surface area contributed by atoms with Crippen LogP contribution in [0.1, 0.15) is 46.5 Å². The summed E-state index contributed by atoms with van der Waals surface area (Å²) in [7, 11) is 0. The van der Waals surface area contributed by atoms with Gasteiger partial charge in [0.05, 0.1) is 0 Å². The van der Waals surface area contributed by atoms with E-state index in [4.69, 9.17) is 0 Å². The average Bonchev–Trinajstić information content (AvgIpc) is 1.89. The van der Waals surface area contributed by atoms with Gasteiger partial charge in [-0.1, -0.05) is 40.0 Å². The van der Waals surface area contributed by atoms with Crippen LogP contribution in [-0.2, 0) is 0 Å². The van der Waals surface area contributed by atoms with Gasteiger partial charge in [0.15, 0.2) is 0 Å². The maximum absolute atomic E-state index is 4.20. The van der Waals surface area contributed by atoms with Crippen LogP contribution in [0.25, 0.3) is 0 Å². The van der Waals surface area contributed by atoms with Gasteiger partial charge in [-0.05, 0) is 18.8 Å². The molecular weight excluding hydrogens is 108 g/mol. The Bertz CT molecular complexity index is 60.4. The molecule has 0 atom stereocenters. The van der Waals surface area contributed by atoms with E-state index in [1.165, 1.54) is 25.7 Å².